The van der Waals surface area contributed by atoms with Crippen LogP contribution in [0.4, 0.5) is 0 Å². The second kappa shape index (κ2) is 6.30. The van der Waals surface area contributed by atoms with Crippen molar-refractivity contribution in [2.24, 2.45) is 0 Å². The molecule has 1 N–H and O–H groups in total. The summed E-state index contributed by atoms with van der Waals surface area (Å²) in [6, 6.07) is -0.184. The number of hydrogen-bond donors (Lipinski definition) is 1. The molecule has 1 aliphatic carbocycles. The van der Waals surface area contributed by atoms with Crippen LogP contribution in [0.1, 0.15) is 57.3 Å². The molecule has 20 heavy (non-hydrogen) atoms. The topological polar surface area (TPSA) is 90.1 Å². The second-order valence-corrected chi connectivity index (χ2v) is 5.50. The Labute approximate surface area is 118 Å². The number of carboxylic acids is 1. The van der Waals surface area contributed by atoms with Gasteiger partial charge in [-0.25, -0.2) is 4.68 Å². The summed E-state index contributed by atoms with van der Waals surface area (Å²) in [6.45, 7) is 2.03. The SMILES string of the molecule is CCCC(CC(=O)O)n1nnnc1CC1(OC)CCC1. The number of carboxylic acid groups (broad SMARTS) is 1. The van der Waals surface area contributed by atoms with Gasteiger partial charge in [0.15, 0.2) is 5.82 Å². The molecule has 1 aromatic heterocycles. The first-order chi connectivity index (χ1) is 9.60. The Bertz CT molecular complexity index is 451. The highest BCUT2D eigenvalue weighted by Gasteiger charge is 2.39. The molecule has 0 saturated heterocycles. The molecule has 1 fully saturated rings. The summed E-state index contributed by atoms with van der Waals surface area (Å²) in [4.78, 5) is 11.0. The molecule has 1 aliphatic rings. The smallest absolute Gasteiger partial charge is 0.305 e. The molecule has 1 heterocycles. The average Bonchev–Trinajstić information content (AvgIpc) is 2.80. The van der Waals surface area contributed by atoms with E-state index in [1.54, 1.807) is 11.8 Å². The molecule has 0 spiro atoms. The van der Waals surface area contributed by atoms with Crippen molar-refractivity contribution < 1.29 is 14.6 Å². The quantitative estimate of drug-likeness (QED) is 0.779. The monoisotopic (exact) mass is 282 g/mol. The fourth-order valence-electron chi connectivity index (χ4n) is 2.77. The molecule has 0 aliphatic heterocycles. The van der Waals surface area contributed by atoms with E-state index in [1.165, 1.54) is 0 Å². The molecule has 7 nitrogen and oxygen atoms in total. The molecular weight excluding hydrogens is 260 g/mol. The second-order valence-electron chi connectivity index (χ2n) is 5.50. The van der Waals surface area contributed by atoms with Crippen molar-refractivity contribution >= 4 is 5.97 Å². The fourth-order valence-corrected chi connectivity index (χ4v) is 2.77. The predicted octanol–water partition coefficient (Wildman–Crippen LogP) is 1.60. The maximum atomic E-state index is 11.0. The van der Waals surface area contributed by atoms with Crippen molar-refractivity contribution in [3.8, 4) is 0 Å². The molecule has 0 aromatic carbocycles. The summed E-state index contributed by atoms with van der Waals surface area (Å²) in [7, 11) is 1.72. The maximum Gasteiger partial charge on any atom is 0.305 e. The number of tetrazole rings is 1. The van der Waals surface area contributed by atoms with Gasteiger partial charge in [0.25, 0.3) is 0 Å². The number of hydrogen-bond acceptors (Lipinski definition) is 5. The summed E-state index contributed by atoms with van der Waals surface area (Å²) >= 11 is 0. The van der Waals surface area contributed by atoms with Crippen LogP contribution in [0, 0.1) is 0 Å². The molecular formula is C13H22N4O3. The standard InChI is InChI=1S/C13H22N4O3/c1-3-5-10(8-12(18)19)17-11(14-15-16-17)9-13(20-2)6-4-7-13/h10H,3-9H2,1-2H3,(H,18,19). The molecule has 112 valence electrons. The molecule has 0 bridgehead atoms. The van der Waals surface area contributed by atoms with Gasteiger partial charge in [-0.15, -0.1) is 5.10 Å². The number of aliphatic carboxylic acids is 1. The van der Waals surface area contributed by atoms with Gasteiger partial charge in [0, 0.05) is 13.5 Å². The maximum absolute atomic E-state index is 11.0. The minimum Gasteiger partial charge on any atom is -0.481 e. The normalized spacial score (nSPS) is 18.5. The third-order valence-corrected chi connectivity index (χ3v) is 4.12. The van der Waals surface area contributed by atoms with Gasteiger partial charge in [-0.2, -0.15) is 0 Å². The number of aromatic nitrogens is 4. The van der Waals surface area contributed by atoms with Crippen molar-refractivity contribution in [3.05, 3.63) is 5.82 Å². The van der Waals surface area contributed by atoms with Crippen molar-refractivity contribution in [2.75, 3.05) is 7.11 Å². The van der Waals surface area contributed by atoms with Crippen LogP contribution in [0.25, 0.3) is 0 Å². The van der Waals surface area contributed by atoms with Crippen LogP contribution in [0.15, 0.2) is 0 Å². The minimum absolute atomic E-state index is 0.0475. The van der Waals surface area contributed by atoms with Crippen LogP contribution in [0.3, 0.4) is 0 Å². The van der Waals surface area contributed by atoms with E-state index in [4.69, 9.17) is 9.84 Å². The van der Waals surface area contributed by atoms with Crippen molar-refractivity contribution in [2.45, 2.75) is 63.5 Å². The lowest BCUT2D eigenvalue weighted by Crippen LogP contribution is -2.42. The summed E-state index contributed by atoms with van der Waals surface area (Å²) in [5, 5.41) is 20.8. The molecule has 2 rings (SSSR count). The highest BCUT2D eigenvalue weighted by molar-refractivity contribution is 5.67. The average molecular weight is 282 g/mol. The fraction of sp³-hybridized carbons (Fsp3) is 0.846. The van der Waals surface area contributed by atoms with E-state index in [0.29, 0.717) is 6.42 Å². The van der Waals surface area contributed by atoms with Gasteiger partial charge in [0.1, 0.15) is 0 Å². The van der Waals surface area contributed by atoms with Gasteiger partial charge in [-0.05, 0) is 36.1 Å². The summed E-state index contributed by atoms with van der Waals surface area (Å²) in [5.74, 6) is -0.0961. The lowest BCUT2D eigenvalue weighted by atomic mass is 9.77. The summed E-state index contributed by atoms with van der Waals surface area (Å²) < 4.78 is 7.27. The summed E-state index contributed by atoms with van der Waals surface area (Å²) in [5.41, 5.74) is -0.160. The Morgan fingerprint density at radius 2 is 2.30 bits per heavy atom. The molecule has 1 unspecified atom stereocenters. The van der Waals surface area contributed by atoms with Crippen LogP contribution < -0.4 is 0 Å². The van der Waals surface area contributed by atoms with Gasteiger partial charge in [-0.1, -0.05) is 13.3 Å². The highest BCUT2D eigenvalue weighted by Crippen LogP contribution is 2.37. The summed E-state index contributed by atoms with van der Waals surface area (Å²) in [6.07, 6.45) is 5.52. The van der Waals surface area contributed by atoms with E-state index >= 15 is 0 Å². The number of nitrogens with zero attached hydrogens (tertiary/aromatic N) is 4. The molecule has 1 atom stereocenters. The highest BCUT2D eigenvalue weighted by atomic mass is 16.5. The lowest BCUT2D eigenvalue weighted by molar-refractivity contribution is -0.138. The van der Waals surface area contributed by atoms with Crippen LogP contribution in [-0.4, -0.2) is 44.0 Å². The van der Waals surface area contributed by atoms with E-state index < -0.39 is 5.97 Å². The lowest BCUT2D eigenvalue weighted by Gasteiger charge is -2.40. The van der Waals surface area contributed by atoms with E-state index in [2.05, 4.69) is 15.5 Å². The van der Waals surface area contributed by atoms with Crippen LogP contribution in [-0.2, 0) is 16.0 Å². The van der Waals surface area contributed by atoms with Crippen molar-refractivity contribution in [1.82, 2.24) is 20.2 Å². The van der Waals surface area contributed by atoms with Crippen molar-refractivity contribution in [1.29, 1.82) is 0 Å². The van der Waals surface area contributed by atoms with E-state index in [9.17, 15) is 4.79 Å². The first-order valence-corrected chi connectivity index (χ1v) is 7.14. The van der Waals surface area contributed by atoms with Crippen molar-refractivity contribution in [3.63, 3.8) is 0 Å². The molecule has 1 saturated carbocycles. The van der Waals surface area contributed by atoms with E-state index in [0.717, 1.165) is 37.9 Å². The molecule has 1 aromatic rings. The predicted molar refractivity (Wildman–Crippen MR) is 71.3 cm³/mol. The van der Waals surface area contributed by atoms with Gasteiger partial charge >= 0.3 is 5.97 Å². The van der Waals surface area contributed by atoms with Gasteiger partial charge in [0.05, 0.1) is 18.1 Å². The van der Waals surface area contributed by atoms with E-state index in [1.807, 2.05) is 6.92 Å². The van der Waals surface area contributed by atoms with E-state index in [-0.39, 0.29) is 18.1 Å². The number of methoxy groups -OCH3 is 1. The van der Waals surface area contributed by atoms with Gasteiger partial charge < -0.3 is 9.84 Å². The molecule has 7 heteroatoms. The zero-order valence-electron chi connectivity index (χ0n) is 12.1. The zero-order chi connectivity index (χ0) is 14.6. The third-order valence-electron chi connectivity index (χ3n) is 4.12. The molecule has 0 amide bonds. The first kappa shape index (κ1) is 14.9. The number of rotatable bonds is 8. The largest absolute Gasteiger partial charge is 0.481 e. The van der Waals surface area contributed by atoms with Crippen LogP contribution in [0.2, 0.25) is 0 Å². The first-order valence-electron chi connectivity index (χ1n) is 7.14. The van der Waals surface area contributed by atoms with Gasteiger partial charge in [0.2, 0.25) is 0 Å². The Balaban J connectivity index is 2.15. The zero-order valence-corrected chi connectivity index (χ0v) is 12.1. The molecule has 0 radical (unpaired) electrons. The van der Waals surface area contributed by atoms with Crippen LogP contribution >= 0.6 is 0 Å². The van der Waals surface area contributed by atoms with Gasteiger partial charge in [-0.3, -0.25) is 4.79 Å². The van der Waals surface area contributed by atoms with Crippen LogP contribution in [0.5, 0.6) is 0 Å². The Hall–Kier alpha value is -1.50. The Morgan fingerprint density at radius 1 is 1.55 bits per heavy atom. The minimum atomic E-state index is -0.824. The number of carbonyl (C=O) groups is 1. The third kappa shape index (κ3) is 3.15. The number of ether oxygens (including phenoxy) is 1. The Kier molecular flexibility index (Phi) is 4.69. The Morgan fingerprint density at radius 3 is 2.80 bits per heavy atom.